The Kier molecular flexibility index (Phi) is 6.37. The first-order chi connectivity index (χ1) is 14.2. The van der Waals surface area contributed by atoms with Crippen LogP contribution in [0, 0.1) is 5.82 Å². The summed E-state index contributed by atoms with van der Waals surface area (Å²) >= 11 is 1.26. The van der Waals surface area contributed by atoms with Gasteiger partial charge in [-0.1, -0.05) is 18.2 Å². The number of hydrogen-bond donors (Lipinski definition) is 1. The zero-order valence-corrected chi connectivity index (χ0v) is 18.2. The number of ether oxygens (including phenoxy) is 1. The molecule has 0 aliphatic rings. The van der Waals surface area contributed by atoms with Crippen LogP contribution in [0.3, 0.4) is 0 Å². The second-order valence-corrected chi connectivity index (χ2v) is 9.38. The largest absolute Gasteiger partial charge is 0.494 e. The minimum atomic E-state index is -3.33. The van der Waals surface area contributed by atoms with Gasteiger partial charge in [-0.2, -0.15) is 0 Å². The molecule has 1 amide bonds. The van der Waals surface area contributed by atoms with Crippen molar-refractivity contribution in [3.63, 3.8) is 0 Å². The van der Waals surface area contributed by atoms with Crippen LogP contribution in [0.4, 0.5) is 15.2 Å². The van der Waals surface area contributed by atoms with Crippen molar-refractivity contribution < 1.29 is 22.3 Å². The van der Waals surface area contributed by atoms with E-state index in [4.69, 9.17) is 4.74 Å². The minimum absolute atomic E-state index is 0.00233. The van der Waals surface area contributed by atoms with Gasteiger partial charge in [0.2, 0.25) is 15.9 Å². The summed E-state index contributed by atoms with van der Waals surface area (Å²) in [4.78, 5) is 16.6. The molecule has 2 aromatic carbocycles. The third-order valence-corrected chi connectivity index (χ3v) is 6.32. The van der Waals surface area contributed by atoms with Crippen molar-refractivity contribution in [2.24, 2.45) is 0 Å². The van der Waals surface area contributed by atoms with E-state index in [1.54, 1.807) is 35.7 Å². The van der Waals surface area contributed by atoms with Gasteiger partial charge in [-0.05, 0) is 29.8 Å². The molecule has 0 bridgehead atoms. The number of aromatic nitrogens is 1. The number of sulfonamides is 1. The van der Waals surface area contributed by atoms with Crippen molar-refractivity contribution >= 4 is 38.1 Å². The van der Waals surface area contributed by atoms with Gasteiger partial charge < -0.3 is 10.1 Å². The van der Waals surface area contributed by atoms with E-state index in [0.717, 1.165) is 11.8 Å². The molecular formula is C20H20FN3O4S2. The standard InChI is InChI=1S/C20H20FN3O4S2/c1-24(30(3,26)27)15-7-5-14(6-8-15)17-12-29-20(22-17)23-19(25)11-13-4-9-18(28-2)16(21)10-13/h4-10,12H,11H2,1-3H3,(H,22,23,25). The number of benzene rings is 2. The van der Waals surface area contributed by atoms with Crippen molar-refractivity contribution in [1.29, 1.82) is 0 Å². The zero-order valence-electron chi connectivity index (χ0n) is 16.5. The molecule has 158 valence electrons. The number of thiazole rings is 1. The number of anilines is 2. The van der Waals surface area contributed by atoms with E-state index in [2.05, 4.69) is 10.3 Å². The maximum absolute atomic E-state index is 13.8. The van der Waals surface area contributed by atoms with Crippen LogP contribution >= 0.6 is 11.3 Å². The topological polar surface area (TPSA) is 88.6 Å². The number of rotatable bonds is 7. The number of amides is 1. The van der Waals surface area contributed by atoms with Gasteiger partial charge in [-0.25, -0.2) is 17.8 Å². The highest BCUT2D eigenvalue weighted by Crippen LogP contribution is 2.27. The van der Waals surface area contributed by atoms with E-state index in [0.29, 0.717) is 22.1 Å². The average molecular weight is 450 g/mol. The van der Waals surface area contributed by atoms with E-state index >= 15 is 0 Å². The molecule has 0 radical (unpaired) electrons. The third-order valence-electron chi connectivity index (χ3n) is 4.36. The SMILES string of the molecule is COc1ccc(CC(=O)Nc2nc(-c3ccc(N(C)S(C)(=O)=O)cc3)cs2)cc1F. The molecule has 3 aromatic rings. The number of nitrogens with one attached hydrogen (secondary N) is 1. The average Bonchev–Trinajstić information content (AvgIpc) is 3.15. The monoisotopic (exact) mass is 449 g/mol. The number of nitrogens with zero attached hydrogens (tertiary/aromatic N) is 2. The Balaban J connectivity index is 1.66. The van der Waals surface area contributed by atoms with Crippen LogP contribution in [0.2, 0.25) is 0 Å². The number of carbonyl (C=O) groups excluding carboxylic acids is 1. The summed E-state index contributed by atoms with van der Waals surface area (Å²) in [6.07, 6.45) is 1.14. The van der Waals surface area contributed by atoms with Gasteiger partial charge in [-0.3, -0.25) is 9.10 Å². The predicted molar refractivity (Wildman–Crippen MR) is 116 cm³/mol. The normalized spacial score (nSPS) is 11.2. The Morgan fingerprint density at radius 3 is 2.53 bits per heavy atom. The molecule has 7 nitrogen and oxygen atoms in total. The minimum Gasteiger partial charge on any atom is -0.494 e. The maximum Gasteiger partial charge on any atom is 0.231 e. The molecule has 0 saturated heterocycles. The molecule has 0 fully saturated rings. The lowest BCUT2D eigenvalue weighted by atomic mass is 10.1. The zero-order chi connectivity index (χ0) is 21.9. The molecule has 10 heteroatoms. The molecule has 3 rings (SSSR count). The fraction of sp³-hybridized carbons (Fsp3) is 0.200. The Morgan fingerprint density at radius 2 is 1.93 bits per heavy atom. The van der Waals surface area contributed by atoms with Crippen molar-refractivity contribution in [1.82, 2.24) is 4.98 Å². The van der Waals surface area contributed by atoms with E-state index < -0.39 is 15.8 Å². The molecule has 0 spiro atoms. The highest BCUT2D eigenvalue weighted by atomic mass is 32.2. The molecule has 0 atom stereocenters. The van der Waals surface area contributed by atoms with E-state index in [9.17, 15) is 17.6 Å². The van der Waals surface area contributed by atoms with Gasteiger partial charge in [0.1, 0.15) is 0 Å². The highest BCUT2D eigenvalue weighted by Gasteiger charge is 2.13. The Bertz CT molecular complexity index is 1160. The van der Waals surface area contributed by atoms with Crippen LogP contribution < -0.4 is 14.4 Å². The predicted octanol–water partition coefficient (Wildman–Crippen LogP) is 3.53. The van der Waals surface area contributed by atoms with Crippen LogP contribution in [0.1, 0.15) is 5.56 Å². The van der Waals surface area contributed by atoms with E-state index in [1.165, 1.54) is 41.9 Å². The van der Waals surface area contributed by atoms with Gasteiger partial charge in [0.15, 0.2) is 16.7 Å². The lowest BCUT2D eigenvalue weighted by molar-refractivity contribution is -0.115. The fourth-order valence-corrected chi connectivity index (χ4v) is 3.91. The molecule has 0 unspecified atom stereocenters. The number of methoxy groups -OCH3 is 1. The van der Waals surface area contributed by atoms with Crippen molar-refractivity contribution in [3.05, 3.63) is 59.2 Å². The molecule has 30 heavy (non-hydrogen) atoms. The quantitative estimate of drug-likeness (QED) is 0.596. The lowest BCUT2D eigenvalue weighted by Crippen LogP contribution is -2.24. The van der Waals surface area contributed by atoms with Crippen LogP contribution in [-0.4, -0.2) is 39.7 Å². The molecular weight excluding hydrogens is 429 g/mol. The third kappa shape index (κ3) is 5.14. The first-order valence-electron chi connectivity index (χ1n) is 8.79. The van der Waals surface area contributed by atoms with Crippen molar-refractivity contribution in [2.75, 3.05) is 30.0 Å². The molecule has 0 saturated carbocycles. The van der Waals surface area contributed by atoms with Gasteiger partial charge >= 0.3 is 0 Å². The Labute approximate surface area is 178 Å². The summed E-state index contributed by atoms with van der Waals surface area (Å²) in [6.45, 7) is 0. The maximum atomic E-state index is 13.8. The lowest BCUT2D eigenvalue weighted by Gasteiger charge is -2.16. The first-order valence-corrected chi connectivity index (χ1v) is 11.5. The van der Waals surface area contributed by atoms with E-state index in [1.807, 2.05) is 0 Å². The summed E-state index contributed by atoms with van der Waals surface area (Å²) in [6, 6.07) is 11.3. The fourth-order valence-electron chi connectivity index (χ4n) is 2.67. The summed E-state index contributed by atoms with van der Waals surface area (Å²) in [5, 5.41) is 4.91. The van der Waals surface area contributed by atoms with Gasteiger partial charge in [-0.15, -0.1) is 11.3 Å². The van der Waals surface area contributed by atoms with Crippen molar-refractivity contribution in [2.45, 2.75) is 6.42 Å². The molecule has 1 aromatic heterocycles. The van der Waals surface area contributed by atoms with Gasteiger partial charge in [0.05, 0.1) is 31.2 Å². The van der Waals surface area contributed by atoms with E-state index in [-0.39, 0.29) is 18.1 Å². The molecule has 0 aliphatic carbocycles. The van der Waals surface area contributed by atoms with Crippen LogP contribution in [0.5, 0.6) is 5.75 Å². The van der Waals surface area contributed by atoms with Crippen LogP contribution in [0.15, 0.2) is 47.8 Å². The molecule has 1 N–H and O–H groups in total. The number of carbonyl (C=O) groups is 1. The second-order valence-electron chi connectivity index (χ2n) is 6.51. The first kappa shape index (κ1) is 21.7. The van der Waals surface area contributed by atoms with Crippen LogP contribution in [0.25, 0.3) is 11.3 Å². The number of halogens is 1. The van der Waals surface area contributed by atoms with Gasteiger partial charge in [0, 0.05) is 18.0 Å². The van der Waals surface area contributed by atoms with Crippen molar-refractivity contribution in [3.8, 4) is 17.0 Å². The highest BCUT2D eigenvalue weighted by molar-refractivity contribution is 7.92. The summed E-state index contributed by atoms with van der Waals surface area (Å²) in [5.41, 5.74) is 2.50. The molecule has 1 heterocycles. The summed E-state index contributed by atoms with van der Waals surface area (Å²) < 4.78 is 43.1. The van der Waals surface area contributed by atoms with Crippen LogP contribution in [-0.2, 0) is 21.2 Å². The summed E-state index contributed by atoms with van der Waals surface area (Å²) in [7, 11) is -0.475. The Hall–Kier alpha value is -2.98. The number of hydrogen-bond acceptors (Lipinski definition) is 6. The smallest absolute Gasteiger partial charge is 0.231 e. The van der Waals surface area contributed by atoms with Gasteiger partial charge in [0.25, 0.3) is 0 Å². The molecule has 0 aliphatic heterocycles. The second kappa shape index (κ2) is 8.80. The summed E-state index contributed by atoms with van der Waals surface area (Å²) in [5.74, 6) is -0.715. The Morgan fingerprint density at radius 1 is 1.23 bits per heavy atom.